The van der Waals surface area contributed by atoms with Crippen molar-refractivity contribution < 1.29 is 18.0 Å². The number of amides is 2. The summed E-state index contributed by atoms with van der Waals surface area (Å²) in [6.45, 7) is 0.645. The molecule has 2 aromatic rings. The molecule has 0 aromatic carbocycles. The molecule has 5 rings (SSSR count). The van der Waals surface area contributed by atoms with Gasteiger partial charge in [-0.3, -0.25) is 14.9 Å². The number of carbonyl (C=O) groups excluding carboxylic acids is 2. The molecule has 0 bridgehead atoms. The average molecular weight is 417 g/mol. The molecule has 2 aromatic heterocycles. The second kappa shape index (κ2) is 6.51. The number of hydrogen-bond acceptors (Lipinski definition) is 9. The SMILES string of the molecule is O=C1C/C(=C\c2cnn3c(NC4CC4)nc(N4CCS(=O)(=O)CC4)nc23)C(=O)N1. The van der Waals surface area contributed by atoms with E-state index in [0.29, 0.717) is 47.8 Å². The van der Waals surface area contributed by atoms with Gasteiger partial charge in [-0.1, -0.05) is 0 Å². The van der Waals surface area contributed by atoms with Gasteiger partial charge < -0.3 is 10.2 Å². The molecule has 2 aliphatic heterocycles. The zero-order valence-corrected chi connectivity index (χ0v) is 16.3. The molecule has 1 saturated carbocycles. The molecule has 1 aliphatic carbocycles. The van der Waals surface area contributed by atoms with Crippen molar-refractivity contribution in [3.8, 4) is 0 Å². The van der Waals surface area contributed by atoms with Crippen molar-refractivity contribution in [2.24, 2.45) is 0 Å². The van der Waals surface area contributed by atoms with Gasteiger partial charge in [0.15, 0.2) is 15.5 Å². The molecule has 0 unspecified atom stereocenters. The van der Waals surface area contributed by atoms with Crippen LogP contribution >= 0.6 is 0 Å². The summed E-state index contributed by atoms with van der Waals surface area (Å²) in [5, 5.41) is 9.94. The van der Waals surface area contributed by atoms with E-state index >= 15 is 0 Å². The summed E-state index contributed by atoms with van der Waals surface area (Å²) in [4.78, 5) is 34.4. The fourth-order valence-electron chi connectivity index (χ4n) is 3.35. The minimum absolute atomic E-state index is 0.0191. The van der Waals surface area contributed by atoms with Gasteiger partial charge in [0, 0.05) is 30.3 Å². The maximum absolute atomic E-state index is 11.9. The van der Waals surface area contributed by atoms with Crippen LogP contribution in [0.15, 0.2) is 11.8 Å². The Bertz CT molecular complexity index is 1150. The molecular formula is C17H19N7O4S. The van der Waals surface area contributed by atoms with Gasteiger partial charge in [0.2, 0.25) is 17.8 Å². The normalized spacial score (nSPS) is 23.0. The van der Waals surface area contributed by atoms with E-state index < -0.39 is 15.7 Å². The Morgan fingerprint density at radius 3 is 2.59 bits per heavy atom. The van der Waals surface area contributed by atoms with E-state index in [1.807, 2.05) is 4.90 Å². The molecule has 2 amide bonds. The van der Waals surface area contributed by atoms with Gasteiger partial charge in [-0.2, -0.15) is 19.6 Å². The quantitative estimate of drug-likeness (QED) is 0.491. The summed E-state index contributed by atoms with van der Waals surface area (Å²) in [5.74, 6) is 0.316. The number of carbonyl (C=O) groups is 2. The Balaban J connectivity index is 1.56. The highest BCUT2D eigenvalue weighted by atomic mass is 32.2. The van der Waals surface area contributed by atoms with E-state index in [1.54, 1.807) is 16.8 Å². The lowest BCUT2D eigenvalue weighted by Gasteiger charge is -2.27. The molecule has 3 aliphatic rings. The Morgan fingerprint density at radius 2 is 1.93 bits per heavy atom. The third kappa shape index (κ3) is 3.55. The second-order valence-corrected chi connectivity index (χ2v) is 9.77. The monoisotopic (exact) mass is 417 g/mol. The lowest BCUT2D eigenvalue weighted by molar-refractivity contribution is -0.124. The fourth-order valence-corrected chi connectivity index (χ4v) is 4.55. The molecule has 11 nitrogen and oxygen atoms in total. The molecular weight excluding hydrogens is 398 g/mol. The summed E-state index contributed by atoms with van der Waals surface area (Å²) < 4.78 is 25.1. The van der Waals surface area contributed by atoms with Crippen LogP contribution in [0.4, 0.5) is 11.9 Å². The summed E-state index contributed by atoms with van der Waals surface area (Å²) >= 11 is 0. The molecule has 0 spiro atoms. The zero-order valence-electron chi connectivity index (χ0n) is 15.5. The van der Waals surface area contributed by atoms with Gasteiger partial charge in [0.1, 0.15) is 0 Å². The first kappa shape index (κ1) is 18.0. The van der Waals surface area contributed by atoms with Crippen LogP contribution < -0.4 is 15.5 Å². The van der Waals surface area contributed by atoms with Gasteiger partial charge in [-0.05, 0) is 18.9 Å². The van der Waals surface area contributed by atoms with E-state index in [9.17, 15) is 18.0 Å². The number of aromatic nitrogens is 4. The van der Waals surface area contributed by atoms with Crippen molar-refractivity contribution >= 4 is 45.3 Å². The maximum atomic E-state index is 11.9. The molecule has 2 N–H and O–H groups in total. The standard InChI is InChI=1S/C17H19N7O4S/c25-13-8-10(15(26)20-13)7-11-9-18-24-14(11)21-16(22-17(24)19-12-1-2-12)23-3-5-29(27,28)6-4-23/h7,9,12H,1-6,8H2,(H,19,21,22)(H,20,25,26)/b10-7+. The van der Waals surface area contributed by atoms with Crippen LogP contribution in [-0.2, 0) is 19.4 Å². The van der Waals surface area contributed by atoms with Gasteiger partial charge in [0.05, 0.1) is 24.1 Å². The number of nitrogens with one attached hydrogen (secondary N) is 2. The van der Waals surface area contributed by atoms with E-state index in [-0.39, 0.29) is 23.8 Å². The van der Waals surface area contributed by atoms with Crippen LogP contribution in [-0.4, -0.2) is 70.5 Å². The second-order valence-electron chi connectivity index (χ2n) is 7.46. The van der Waals surface area contributed by atoms with Crippen molar-refractivity contribution in [1.82, 2.24) is 24.9 Å². The molecule has 29 heavy (non-hydrogen) atoms. The van der Waals surface area contributed by atoms with Crippen LogP contribution in [0.1, 0.15) is 24.8 Å². The highest BCUT2D eigenvalue weighted by Crippen LogP contribution is 2.27. The van der Waals surface area contributed by atoms with Crippen LogP contribution in [0.3, 0.4) is 0 Å². The zero-order chi connectivity index (χ0) is 20.2. The molecule has 4 heterocycles. The van der Waals surface area contributed by atoms with Gasteiger partial charge in [0.25, 0.3) is 5.91 Å². The maximum Gasteiger partial charge on any atom is 0.254 e. The average Bonchev–Trinajstić information content (AvgIpc) is 3.30. The predicted molar refractivity (Wildman–Crippen MR) is 104 cm³/mol. The van der Waals surface area contributed by atoms with Crippen molar-refractivity contribution in [3.63, 3.8) is 0 Å². The summed E-state index contributed by atoms with van der Waals surface area (Å²) in [6, 6.07) is 0.326. The smallest absolute Gasteiger partial charge is 0.254 e. The number of fused-ring (bicyclic) bond motifs is 1. The lowest BCUT2D eigenvalue weighted by atomic mass is 10.1. The topological polar surface area (TPSA) is 139 Å². The van der Waals surface area contributed by atoms with E-state index in [1.165, 1.54) is 0 Å². The Labute approximate surface area is 166 Å². The number of sulfone groups is 1. The molecule has 152 valence electrons. The minimum atomic E-state index is -3.03. The number of imide groups is 1. The van der Waals surface area contributed by atoms with Crippen molar-refractivity contribution in [1.29, 1.82) is 0 Å². The summed E-state index contributed by atoms with van der Waals surface area (Å²) in [6.07, 6.45) is 5.30. The number of nitrogens with zero attached hydrogens (tertiary/aromatic N) is 5. The number of anilines is 2. The first-order chi connectivity index (χ1) is 13.9. The summed E-state index contributed by atoms with van der Waals surface area (Å²) in [5.41, 5.74) is 1.44. The van der Waals surface area contributed by atoms with Gasteiger partial charge in [-0.15, -0.1) is 0 Å². The third-order valence-corrected chi connectivity index (χ3v) is 6.76. The van der Waals surface area contributed by atoms with E-state index in [2.05, 4.69) is 25.7 Å². The Morgan fingerprint density at radius 1 is 1.17 bits per heavy atom. The lowest BCUT2D eigenvalue weighted by Crippen LogP contribution is -2.41. The molecule has 2 saturated heterocycles. The van der Waals surface area contributed by atoms with Gasteiger partial charge in [-0.25, -0.2) is 8.42 Å². The highest BCUT2D eigenvalue weighted by Gasteiger charge is 2.28. The summed E-state index contributed by atoms with van der Waals surface area (Å²) in [7, 11) is -3.03. The first-order valence-electron chi connectivity index (χ1n) is 9.40. The largest absolute Gasteiger partial charge is 0.351 e. The molecule has 3 fully saturated rings. The van der Waals surface area contributed by atoms with Crippen molar-refractivity contribution in [2.45, 2.75) is 25.3 Å². The van der Waals surface area contributed by atoms with E-state index in [4.69, 9.17) is 0 Å². The Kier molecular flexibility index (Phi) is 4.05. The Hall–Kier alpha value is -3.02. The predicted octanol–water partition coefficient (Wildman–Crippen LogP) is -0.637. The number of rotatable bonds is 4. The third-order valence-electron chi connectivity index (χ3n) is 5.15. The van der Waals surface area contributed by atoms with Crippen LogP contribution in [0.25, 0.3) is 11.7 Å². The molecule has 0 radical (unpaired) electrons. The van der Waals surface area contributed by atoms with Crippen LogP contribution in [0.2, 0.25) is 0 Å². The van der Waals surface area contributed by atoms with E-state index in [0.717, 1.165) is 12.8 Å². The van der Waals surface area contributed by atoms with Gasteiger partial charge >= 0.3 is 0 Å². The highest BCUT2D eigenvalue weighted by molar-refractivity contribution is 7.91. The van der Waals surface area contributed by atoms with Crippen molar-refractivity contribution in [3.05, 3.63) is 17.3 Å². The number of hydrogen-bond donors (Lipinski definition) is 2. The molecule has 0 atom stereocenters. The fraction of sp³-hybridized carbons (Fsp3) is 0.471. The van der Waals surface area contributed by atoms with Crippen molar-refractivity contribution in [2.75, 3.05) is 34.8 Å². The van der Waals surface area contributed by atoms with Crippen LogP contribution in [0.5, 0.6) is 0 Å². The van der Waals surface area contributed by atoms with Crippen LogP contribution in [0, 0.1) is 0 Å². The minimum Gasteiger partial charge on any atom is -0.351 e. The first-order valence-corrected chi connectivity index (χ1v) is 11.2. The molecule has 12 heteroatoms.